The van der Waals surface area contributed by atoms with Crippen LogP contribution in [0.3, 0.4) is 0 Å². The van der Waals surface area contributed by atoms with Gasteiger partial charge in [-0.3, -0.25) is 0 Å². The van der Waals surface area contributed by atoms with E-state index < -0.39 is 0 Å². The summed E-state index contributed by atoms with van der Waals surface area (Å²) in [6.45, 7) is 3.71. The topological polar surface area (TPSA) is 55.0 Å². The van der Waals surface area contributed by atoms with E-state index >= 15 is 0 Å². The normalized spacial score (nSPS) is 21.6. The second-order valence-corrected chi connectivity index (χ2v) is 3.72. The van der Waals surface area contributed by atoms with E-state index in [4.69, 9.17) is 5.73 Å². The molecular weight excluding hydrogens is 176 g/mol. The lowest BCUT2D eigenvalue weighted by Crippen LogP contribution is -2.36. The number of rotatable bonds is 2. The Balaban J connectivity index is 2.21. The van der Waals surface area contributed by atoms with Gasteiger partial charge in [0.25, 0.3) is 0 Å². The minimum Gasteiger partial charge on any atom is -0.337 e. The Kier molecular flexibility index (Phi) is 2.63. The Bertz CT molecular complexity index is 313. The maximum Gasteiger partial charge on any atom is 0.225 e. The highest BCUT2D eigenvalue weighted by Gasteiger charge is 2.24. The molecule has 0 amide bonds. The van der Waals surface area contributed by atoms with Gasteiger partial charge in [0, 0.05) is 31.0 Å². The van der Waals surface area contributed by atoms with Crippen LogP contribution in [0.25, 0.3) is 0 Å². The third-order valence-electron chi connectivity index (χ3n) is 2.69. The molecule has 4 nitrogen and oxygen atoms in total. The second-order valence-electron chi connectivity index (χ2n) is 3.72. The predicted octanol–water partition coefficient (Wildman–Crippen LogP) is 0.713. The lowest BCUT2D eigenvalue weighted by atomic mass is 10.2. The van der Waals surface area contributed by atoms with Crippen molar-refractivity contribution in [2.24, 2.45) is 5.73 Å². The van der Waals surface area contributed by atoms with E-state index in [1.165, 1.54) is 6.42 Å². The van der Waals surface area contributed by atoms with Gasteiger partial charge in [0.15, 0.2) is 0 Å². The van der Waals surface area contributed by atoms with Crippen LogP contribution in [-0.2, 0) is 0 Å². The van der Waals surface area contributed by atoms with Gasteiger partial charge in [0.1, 0.15) is 0 Å². The molecule has 1 aliphatic heterocycles. The van der Waals surface area contributed by atoms with Crippen molar-refractivity contribution in [1.82, 2.24) is 9.97 Å². The Hall–Kier alpha value is -1.16. The average Bonchev–Trinajstić information content (AvgIpc) is 2.65. The summed E-state index contributed by atoms with van der Waals surface area (Å²) < 4.78 is 0. The number of anilines is 1. The molecule has 1 aromatic heterocycles. The van der Waals surface area contributed by atoms with E-state index in [1.54, 1.807) is 0 Å². The number of aromatic nitrogens is 2. The molecule has 0 radical (unpaired) electrons. The number of aryl methyl sites for hydroxylation is 1. The maximum atomic E-state index is 5.70. The molecule has 0 aromatic carbocycles. The molecule has 1 atom stereocenters. The maximum absolute atomic E-state index is 5.70. The summed E-state index contributed by atoms with van der Waals surface area (Å²) in [4.78, 5) is 10.9. The fourth-order valence-electron chi connectivity index (χ4n) is 1.92. The second kappa shape index (κ2) is 3.92. The summed E-state index contributed by atoms with van der Waals surface area (Å²) in [7, 11) is 0. The van der Waals surface area contributed by atoms with E-state index in [-0.39, 0.29) is 0 Å². The molecule has 0 spiro atoms. The minimum absolute atomic E-state index is 0.428. The zero-order valence-electron chi connectivity index (χ0n) is 8.48. The molecule has 0 aliphatic carbocycles. The van der Waals surface area contributed by atoms with E-state index in [1.807, 2.05) is 19.2 Å². The number of hydrogen-bond donors (Lipinski definition) is 1. The molecule has 0 bridgehead atoms. The van der Waals surface area contributed by atoms with Crippen LogP contribution in [-0.4, -0.2) is 29.1 Å². The predicted molar refractivity (Wildman–Crippen MR) is 56.2 cm³/mol. The van der Waals surface area contributed by atoms with Crippen LogP contribution in [0.15, 0.2) is 12.3 Å². The zero-order valence-corrected chi connectivity index (χ0v) is 8.48. The van der Waals surface area contributed by atoms with Crippen molar-refractivity contribution in [3.8, 4) is 0 Å². The van der Waals surface area contributed by atoms with Gasteiger partial charge in [-0.15, -0.1) is 0 Å². The summed E-state index contributed by atoms with van der Waals surface area (Å²) in [6.07, 6.45) is 4.16. The van der Waals surface area contributed by atoms with Gasteiger partial charge in [0.2, 0.25) is 5.95 Å². The van der Waals surface area contributed by atoms with E-state index in [2.05, 4.69) is 14.9 Å². The third-order valence-corrected chi connectivity index (χ3v) is 2.69. The first-order valence-corrected chi connectivity index (χ1v) is 5.07. The fraction of sp³-hybridized carbons (Fsp3) is 0.600. The van der Waals surface area contributed by atoms with Crippen LogP contribution < -0.4 is 10.6 Å². The van der Waals surface area contributed by atoms with Gasteiger partial charge in [-0.25, -0.2) is 9.97 Å². The van der Waals surface area contributed by atoms with E-state index in [0.29, 0.717) is 12.6 Å². The molecule has 2 heterocycles. The molecule has 1 fully saturated rings. The number of nitrogens with two attached hydrogens (primary N) is 1. The van der Waals surface area contributed by atoms with Crippen LogP contribution in [0, 0.1) is 6.92 Å². The molecule has 1 saturated heterocycles. The van der Waals surface area contributed by atoms with Gasteiger partial charge in [-0.2, -0.15) is 0 Å². The van der Waals surface area contributed by atoms with E-state index in [9.17, 15) is 0 Å². The van der Waals surface area contributed by atoms with Crippen molar-refractivity contribution >= 4 is 5.95 Å². The highest BCUT2D eigenvalue weighted by molar-refractivity contribution is 5.33. The molecule has 0 saturated carbocycles. The first-order chi connectivity index (χ1) is 6.81. The van der Waals surface area contributed by atoms with Crippen molar-refractivity contribution in [2.45, 2.75) is 25.8 Å². The van der Waals surface area contributed by atoms with Crippen LogP contribution in [0.4, 0.5) is 5.95 Å². The highest BCUT2D eigenvalue weighted by Crippen LogP contribution is 2.21. The van der Waals surface area contributed by atoms with Gasteiger partial charge < -0.3 is 10.6 Å². The lowest BCUT2D eigenvalue weighted by molar-refractivity contribution is 0.663. The van der Waals surface area contributed by atoms with Crippen LogP contribution in [0.5, 0.6) is 0 Å². The van der Waals surface area contributed by atoms with Gasteiger partial charge in [0.05, 0.1) is 0 Å². The monoisotopic (exact) mass is 192 g/mol. The molecular formula is C10H16N4. The summed E-state index contributed by atoms with van der Waals surface area (Å²) in [5, 5.41) is 0. The first-order valence-electron chi connectivity index (χ1n) is 5.07. The quantitative estimate of drug-likeness (QED) is 0.750. The smallest absolute Gasteiger partial charge is 0.225 e. The molecule has 14 heavy (non-hydrogen) atoms. The summed E-state index contributed by atoms with van der Waals surface area (Å²) >= 11 is 0. The highest BCUT2D eigenvalue weighted by atomic mass is 15.3. The molecule has 0 unspecified atom stereocenters. The van der Waals surface area contributed by atoms with Gasteiger partial charge in [-0.05, 0) is 25.8 Å². The van der Waals surface area contributed by atoms with Crippen molar-refractivity contribution in [1.29, 1.82) is 0 Å². The molecule has 2 rings (SSSR count). The SMILES string of the molecule is Cc1ccnc(N2CCC[C@@H]2CN)n1. The van der Waals surface area contributed by atoms with E-state index in [0.717, 1.165) is 24.6 Å². The summed E-state index contributed by atoms with van der Waals surface area (Å²) in [5.41, 5.74) is 6.71. The Labute approximate surface area is 84.2 Å². The Morgan fingerprint density at radius 1 is 1.64 bits per heavy atom. The Morgan fingerprint density at radius 2 is 2.50 bits per heavy atom. The molecule has 4 heteroatoms. The minimum atomic E-state index is 0.428. The van der Waals surface area contributed by atoms with Gasteiger partial charge >= 0.3 is 0 Å². The molecule has 1 aromatic rings. The zero-order chi connectivity index (χ0) is 9.97. The summed E-state index contributed by atoms with van der Waals surface area (Å²) in [5.74, 6) is 0.831. The molecule has 1 aliphatic rings. The first kappa shape index (κ1) is 9.40. The lowest BCUT2D eigenvalue weighted by Gasteiger charge is -2.23. The summed E-state index contributed by atoms with van der Waals surface area (Å²) in [6, 6.07) is 2.34. The standard InChI is InChI=1S/C10H16N4/c1-8-4-5-12-10(13-8)14-6-2-3-9(14)7-11/h4-5,9H,2-3,6-7,11H2,1H3/t9-/m1/s1. The van der Waals surface area contributed by atoms with Crippen LogP contribution >= 0.6 is 0 Å². The molecule has 2 N–H and O–H groups in total. The van der Waals surface area contributed by atoms with Crippen LogP contribution in [0.2, 0.25) is 0 Å². The third kappa shape index (κ3) is 1.70. The van der Waals surface area contributed by atoms with Crippen molar-refractivity contribution in [2.75, 3.05) is 18.0 Å². The largest absolute Gasteiger partial charge is 0.337 e. The average molecular weight is 192 g/mol. The fourth-order valence-corrected chi connectivity index (χ4v) is 1.92. The molecule has 76 valence electrons. The number of hydrogen-bond acceptors (Lipinski definition) is 4. The van der Waals surface area contributed by atoms with Crippen molar-refractivity contribution in [3.05, 3.63) is 18.0 Å². The number of nitrogens with zero attached hydrogens (tertiary/aromatic N) is 3. The van der Waals surface area contributed by atoms with Crippen LogP contribution in [0.1, 0.15) is 18.5 Å². The van der Waals surface area contributed by atoms with Crippen molar-refractivity contribution < 1.29 is 0 Å². The van der Waals surface area contributed by atoms with Gasteiger partial charge in [-0.1, -0.05) is 0 Å². The van der Waals surface area contributed by atoms with Crippen molar-refractivity contribution in [3.63, 3.8) is 0 Å². The Morgan fingerprint density at radius 3 is 3.21 bits per heavy atom.